The number of halogens is 1. The van der Waals surface area contributed by atoms with Crippen LogP contribution in [-0.2, 0) is 4.74 Å². The number of ether oxygens (including phenoxy) is 1. The Kier molecular flexibility index (Phi) is 4.37. The van der Waals surface area contributed by atoms with Crippen molar-refractivity contribution < 1.29 is 13.9 Å². The molecule has 2 rings (SSSR count). The monoisotopic (exact) mass is 295 g/mol. The highest BCUT2D eigenvalue weighted by Gasteiger charge is 2.31. The molecular formula is C15H22FN3O2. The lowest BCUT2D eigenvalue weighted by Crippen LogP contribution is -2.50. The molecule has 0 spiro atoms. The largest absolute Gasteiger partial charge is 0.444 e. The lowest BCUT2D eigenvalue weighted by Gasteiger charge is -2.37. The van der Waals surface area contributed by atoms with Crippen molar-refractivity contribution in [1.29, 1.82) is 0 Å². The molecule has 1 amide bonds. The maximum atomic E-state index is 13.5. The zero-order valence-corrected chi connectivity index (χ0v) is 12.6. The normalized spacial score (nSPS) is 19.4. The van der Waals surface area contributed by atoms with Crippen LogP contribution in [0.2, 0.25) is 0 Å². The number of amides is 1. The fourth-order valence-corrected chi connectivity index (χ4v) is 2.37. The fourth-order valence-electron chi connectivity index (χ4n) is 2.37. The number of nitrogen functional groups attached to an aromatic ring is 1. The Bertz CT molecular complexity index is 508. The zero-order chi connectivity index (χ0) is 15.6. The van der Waals surface area contributed by atoms with Crippen LogP contribution < -0.4 is 11.1 Å². The van der Waals surface area contributed by atoms with Crippen LogP contribution in [0, 0.1) is 5.82 Å². The third-order valence-electron chi connectivity index (χ3n) is 3.20. The van der Waals surface area contributed by atoms with Crippen LogP contribution in [0.3, 0.4) is 0 Å². The Hall–Kier alpha value is -1.82. The van der Waals surface area contributed by atoms with Crippen LogP contribution in [0.1, 0.15) is 32.4 Å². The molecule has 0 aliphatic carbocycles. The maximum absolute atomic E-state index is 13.5. The van der Waals surface area contributed by atoms with Crippen LogP contribution in [0.15, 0.2) is 18.2 Å². The van der Waals surface area contributed by atoms with Gasteiger partial charge in [0.25, 0.3) is 0 Å². The van der Waals surface area contributed by atoms with Crippen LogP contribution in [0.25, 0.3) is 0 Å². The minimum atomic E-state index is -0.562. The first-order valence-corrected chi connectivity index (χ1v) is 7.02. The summed E-state index contributed by atoms with van der Waals surface area (Å²) < 4.78 is 19.0. The Labute approximate surface area is 124 Å². The second-order valence-electron chi connectivity index (χ2n) is 6.21. The van der Waals surface area contributed by atoms with E-state index in [1.54, 1.807) is 11.0 Å². The number of nitrogens with two attached hydrogens (primary N) is 1. The smallest absolute Gasteiger partial charge is 0.410 e. The standard InChI is InChI=1S/C15H22FN3O2/c1-15(2,3)21-14(20)19-5-4-18-9-13(19)10-6-11(16)8-12(17)7-10/h6-8,13,18H,4-5,9,17H2,1-3H3. The van der Waals surface area contributed by atoms with Crippen LogP contribution in [0.5, 0.6) is 0 Å². The first-order chi connectivity index (χ1) is 9.76. The molecule has 5 nitrogen and oxygen atoms in total. The molecule has 21 heavy (non-hydrogen) atoms. The van der Waals surface area contributed by atoms with Gasteiger partial charge in [-0.25, -0.2) is 9.18 Å². The van der Waals surface area contributed by atoms with E-state index in [-0.39, 0.29) is 6.04 Å². The quantitative estimate of drug-likeness (QED) is 0.780. The highest BCUT2D eigenvalue weighted by atomic mass is 19.1. The lowest BCUT2D eigenvalue weighted by molar-refractivity contribution is 0.0117. The molecular weight excluding hydrogens is 273 g/mol. The molecule has 1 saturated heterocycles. The summed E-state index contributed by atoms with van der Waals surface area (Å²) in [4.78, 5) is 13.9. The van der Waals surface area contributed by atoms with Gasteiger partial charge in [-0.05, 0) is 44.5 Å². The molecule has 0 saturated carbocycles. The highest BCUT2D eigenvalue weighted by molar-refractivity contribution is 5.69. The van der Waals surface area contributed by atoms with Gasteiger partial charge in [-0.1, -0.05) is 0 Å². The number of carbonyl (C=O) groups is 1. The molecule has 3 N–H and O–H groups in total. The molecule has 0 bridgehead atoms. The van der Waals surface area contributed by atoms with Crippen LogP contribution in [0.4, 0.5) is 14.9 Å². The molecule has 1 aliphatic rings. The molecule has 1 aromatic carbocycles. The highest BCUT2D eigenvalue weighted by Crippen LogP contribution is 2.26. The molecule has 0 radical (unpaired) electrons. The second-order valence-corrected chi connectivity index (χ2v) is 6.21. The number of benzene rings is 1. The first kappa shape index (κ1) is 15.6. The summed E-state index contributed by atoms with van der Waals surface area (Å²) in [6.07, 6.45) is -0.392. The summed E-state index contributed by atoms with van der Waals surface area (Å²) in [7, 11) is 0. The number of hydrogen-bond acceptors (Lipinski definition) is 4. The molecule has 0 aromatic heterocycles. The number of carbonyl (C=O) groups excluding carboxylic acids is 1. The molecule has 1 aliphatic heterocycles. The van der Waals surface area contributed by atoms with Crippen molar-refractivity contribution in [2.24, 2.45) is 0 Å². The van der Waals surface area contributed by atoms with Gasteiger partial charge in [0.2, 0.25) is 0 Å². The third-order valence-corrected chi connectivity index (χ3v) is 3.20. The van der Waals surface area contributed by atoms with Crippen molar-refractivity contribution in [2.45, 2.75) is 32.4 Å². The first-order valence-electron chi connectivity index (χ1n) is 7.02. The van der Waals surface area contributed by atoms with Gasteiger partial charge in [0.1, 0.15) is 11.4 Å². The number of piperazine rings is 1. The summed E-state index contributed by atoms with van der Waals surface area (Å²) in [5, 5.41) is 3.21. The molecule has 116 valence electrons. The predicted octanol–water partition coefficient (Wildman–Crippen LogP) is 2.29. The third kappa shape index (κ3) is 4.07. The van der Waals surface area contributed by atoms with E-state index < -0.39 is 17.5 Å². The molecule has 1 atom stereocenters. The Morgan fingerprint density at radius 1 is 1.43 bits per heavy atom. The Morgan fingerprint density at radius 3 is 2.76 bits per heavy atom. The maximum Gasteiger partial charge on any atom is 0.410 e. The summed E-state index contributed by atoms with van der Waals surface area (Å²) in [6.45, 7) is 7.20. The van der Waals surface area contributed by atoms with Crippen molar-refractivity contribution in [1.82, 2.24) is 10.2 Å². The average Bonchev–Trinajstić information content (AvgIpc) is 2.35. The minimum absolute atomic E-state index is 0.286. The summed E-state index contributed by atoms with van der Waals surface area (Å²) >= 11 is 0. The predicted molar refractivity (Wildman–Crippen MR) is 79.4 cm³/mol. The van der Waals surface area contributed by atoms with Crippen LogP contribution >= 0.6 is 0 Å². The van der Waals surface area contributed by atoms with Gasteiger partial charge in [-0.2, -0.15) is 0 Å². The molecule has 1 unspecified atom stereocenters. The minimum Gasteiger partial charge on any atom is -0.444 e. The van der Waals surface area contributed by atoms with Gasteiger partial charge in [-0.15, -0.1) is 0 Å². The van der Waals surface area contributed by atoms with Gasteiger partial charge in [-0.3, -0.25) is 4.90 Å². The van der Waals surface area contributed by atoms with Gasteiger partial charge < -0.3 is 15.8 Å². The van der Waals surface area contributed by atoms with E-state index >= 15 is 0 Å². The topological polar surface area (TPSA) is 67.6 Å². The van der Waals surface area contributed by atoms with Gasteiger partial charge in [0, 0.05) is 25.3 Å². The second kappa shape index (κ2) is 5.89. The van der Waals surface area contributed by atoms with Gasteiger partial charge in [0.15, 0.2) is 0 Å². The summed E-state index contributed by atoms with van der Waals surface area (Å²) in [6, 6.07) is 4.08. The number of nitrogens with zero attached hydrogens (tertiary/aromatic N) is 1. The van der Waals surface area contributed by atoms with Crippen molar-refractivity contribution in [3.8, 4) is 0 Å². The van der Waals surface area contributed by atoms with E-state index in [9.17, 15) is 9.18 Å². The van der Waals surface area contributed by atoms with Crippen LogP contribution in [-0.4, -0.2) is 36.2 Å². The average molecular weight is 295 g/mol. The summed E-state index contributed by atoms with van der Waals surface area (Å²) in [5.41, 5.74) is 6.15. The number of nitrogens with one attached hydrogen (secondary N) is 1. The van der Waals surface area contributed by atoms with E-state index in [2.05, 4.69) is 5.32 Å². The Morgan fingerprint density at radius 2 is 2.14 bits per heavy atom. The van der Waals surface area contributed by atoms with Crippen molar-refractivity contribution in [2.75, 3.05) is 25.4 Å². The Balaban J connectivity index is 2.24. The SMILES string of the molecule is CC(C)(C)OC(=O)N1CCNCC1c1cc(N)cc(F)c1. The summed E-state index contributed by atoms with van der Waals surface area (Å²) in [5.74, 6) is -0.403. The lowest BCUT2D eigenvalue weighted by atomic mass is 10.0. The van der Waals surface area contributed by atoms with Gasteiger partial charge >= 0.3 is 6.09 Å². The van der Waals surface area contributed by atoms with Crippen molar-refractivity contribution >= 4 is 11.8 Å². The van der Waals surface area contributed by atoms with E-state index in [4.69, 9.17) is 10.5 Å². The van der Waals surface area contributed by atoms with E-state index in [0.717, 1.165) is 0 Å². The molecule has 1 fully saturated rings. The molecule has 6 heteroatoms. The molecule has 1 heterocycles. The van der Waals surface area contributed by atoms with E-state index in [1.807, 2.05) is 20.8 Å². The van der Waals surface area contributed by atoms with E-state index in [1.165, 1.54) is 12.1 Å². The fraction of sp³-hybridized carbons (Fsp3) is 0.533. The molecule has 1 aromatic rings. The van der Waals surface area contributed by atoms with E-state index in [0.29, 0.717) is 30.9 Å². The zero-order valence-electron chi connectivity index (χ0n) is 12.6. The number of anilines is 1. The number of rotatable bonds is 1. The van der Waals surface area contributed by atoms with Crippen molar-refractivity contribution in [3.63, 3.8) is 0 Å². The van der Waals surface area contributed by atoms with Crippen molar-refractivity contribution in [3.05, 3.63) is 29.6 Å². The van der Waals surface area contributed by atoms with Gasteiger partial charge in [0.05, 0.1) is 6.04 Å². The number of hydrogen-bond donors (Lipinski definition) is 2.